The lowest BCUT2D eigenvalue weighted by atomic mass is 10.3. The Morgan fingerprint density at radius 3 is 1.50 bits per heavy atom. The average Bonchev–Trinajstić information content (AvgIpc) is 1.90. The molecule has 0 atom stereocenters. The predicted octanol–water partition coefficient (Wildman–Crippen LogP) is 0.986. The van der Waals surface area contributed by atoms with E-state index in [1.807, 2.05) is 13.8 Å². The number of rotatable bonds is 0. The van der Waals surface area contributed by atoms with Gasteiger partial charge in [0.2, 0.25) is 0 Å². The Morgan fingerprint density at radius 2 is 1.10 bits per heavy atom. The molecule has 2 heteroatoms. The smallest absolute Gasteiger partial charge is 0.00767 e. The second-order valence-corrected chi connectivity index (χ2v) is 2.21. The SMILES string of the molecule is C1CCNCCNC1.CC. The van der Waals surface area contributed by atoms with E-state index in [9.17, 15) is 0 Å². The van der Waals surface area contributed by atoms with Crippen LogP contribution < -0.4 is 10.6 Å². The van der Waals surface area contributed by atoms with E-state index in [1.54, 1.807) is 0 Å². The zero-order chi connectivity index (χ0) is 7.66. The van der Waals surface area contributed by atoms with Crippen LogP contribution in [0.3, 0.4) is 0 Å². The molecule has 0 unspecified atom stereocenters. The van der Waals surface area contributed by atoms with Crippen LogP contribution >= 0.6 is 0 Å². The third-order valence-corrected chi connectivity index (χ3v) is 1.44. The minimum absolute atomic E-state index is 1.14. The maximum atomic E-state index is 3.32. The van der Waals surface area contributed by atoms with Gasteiger partial charge in [-0.2, -0.15) is 0 Å². The van der Waals surface area contributed by atoms with Crippen LogP contribution in [0, 0.1) is 0 Å². The van der Waals surface area contributed by atoms with Crippen LogP contribution in [0.4, 0.5) is 0 Å². The van der Waals surface area contributed by atoms with Crippen molar-refractivity contribution in [2.75, 3.05) is 26.2 Å². The first kappa shape index (κ1) is 9.92. The number of nitrogens with one attached hydrogen (secondary N) is 2. The van der Waals surface area contributed by atoms with E-state index in [-0.39, 0.29) is 0 Å². The van der Waals surface area contributed by atoms with Gasteiger partial charge in [-0.1, -0.05) is 13.8 Å². The van der Waals surface area contributed by atoms with Crippen LogP contribution in [0.2, 0.25) is 0 Å². The lowest BCUT2D eigenvalue weighted by molar-refractivity contribution is 0.527. The van der Waals surface area contributed by atoms with Crippen LogP contribution in [0.5, 0.6) is 0 Å². The largest absolute Gasteiger partial charge is 0.315 e. The number of hydrogen-bond acceptors (Lipinski definition) is 2. The summed E-state index contributed by atoms with van der Waals surface area (Å²) in [6, 6.07) is 0. The topological polar surface area (TPSA) is 24.1 Å². The van der Waals surface area contributed by atoms with Gasteiger partial charge in [0.15, 0.2) is 0 Å². The summed E-state index contributed by atoms with van der Waals surface area (Å²) in [6.45, 7) is 8.70. The van der Waals surface area contributed by atoms with Gasteiger partial charge in [-0.05, 0) is 25.9 Å². The summed E-state index contributed by atoms with van der Waals surface area (Å²) in [7, 11) is 0. The van der Waals surface area contributed by atoms with E-state index in [2.05, 4.69) is 10.6 Å². The highest BCUT2D eigenvalue weighted by Crippen LogP contribution is 1.85. The fraction of sp³-hybridized carbons (Fsp3) is 1.00. The normalized spacial score (nSPS) is 19.8. The zero-order valence-electron chi connectivity index (χ0n) is 7.24. The van der Waals surface area contributed by atoms with Gasteiger partial charge in [-0.3, -0.25) is 0 Å². The van der Waals surface area contributed by atoms with Gasteiger partial charge in [0.1, 0.15) is 0 Å². The zero-order valence-corrected chi connectivity index (χ0v) is 7.24. The molecule has 2 N–H and O–H groups in total. The van der Waals surface area contributed by atoms with Gasteiger partial charge < -0.3 is 10.6 Å². The van der Waals surface area contributed by atoms with Crippen molar-refractivity contribution in [3.8, 4) is 0 Å². The highest BCUT2D eigenvalue weighted by molar-refractivity contribution is 4.57. The van der Waals surface area contributed by atoms with E-state index in [1.165, 1.54) is 25.9 Å². The van der Waals surface area contributed by atoms with E-state index in [0.717, 1.165) is 13.1 Å². The van der Waals surface area contributed by atoms with Crippen LogP contribution in [0.15, 0.2) is 0 Å². The van der Waals surface area contributed by atoms with Crippen molar-refractivity contribution in [3.63, 3.8) is 0 Å². The summed E-state index contributed by atoms with van der Waals surface area (Å²) in [5.41, 5.74) is 0. The third kappa shape index (κ3) is 6.05. The maximum absolute atomic E-state index is 3.32. The van der Waals surface area contributed by atoms with Gasteiger partial charge >= 0.3 is 0 Å². The van der Waals surface area contributed by atoms with E-state index < -0.39 is 0 Å². The molecule has 1 aliphatic heterocycles. The maximum Gasteiger partial charge on any atom is 0.00767 e. The standard InChI is InChI=1S/C6H14N2.C2H6/c1-2-4-8-6-5-7-3-1;1-2/h7-8H,1-6H2;1-2H3. The van der Waals surface area contributed by atoms with Crippen molar-refractivity contribution in [2.45, 2.75) is 26.7 Å². The highest BCUT2D eigenvalue weighted by Gasteiger charge is 1.92. The second-order valence-electron chi connectivity index (χ2n) is 2.21. The van der Waals surface area contributed by atoms with Crippen molar-refractivity contribution < 1.29 is 0 Å². The monoisotopic (exact) mass is 144 g/mol. The summed E-state index contributed by atoms with van der Waals surface area (Å²) in [5, 5.41) is 6.65. The van der Waals surface area contributed by atoms with Gasteiger partial charge in [0, 0.05) is 13.1 Å². The fourth-order valence-electron chi connectivity index (χ4n) is 0.927. The minimum Gasteiger partial charge on any atom is -0.315 e. The van der Waals surface area contributed by atoms with Crippen LogP contribution in [-0.2, 0) is 0 Å². The summed E-state index contributed by atoms with van der Waals surface area (Å²) in [4.78, 5) is 0. The molecule has 0 amide bonds. The molecule has 0 aromatic heterocycles. The number of hydrogen-bond donors (Lipinski definition) is 2. The molecule has 1 fully saturated rings. The summed E-state index contributed by atoms with van der Waals surface area (Å²) in [5.74, 6) is 0. The first-order valence-corrected chi connectivity index (χ1v) is 4.41. The van der Waals surface area contributed by atoms with Crippen molar-refractivity contribution >= 4 is 0 Å². The molecule has 0 bridgehead atoms. The first-order chi connectivity index (χ1) is 5.00. The Kier molecular flexibility index (Phi) is 8.85. The van der Waals surface area contributed by atoms with E-state index in [4.69, 9.17) is 0 Å². The van der Waals surface area contributed by atoms with Gasteiger partial charge in [0.05, 0.1) is 0 Å². The van der Waals surface area contributed by atoms with Crippen LogP contribution in [-0.4, -0.2) is 26.2 Å². The molecule has 0 saturated carbocycles. The van der Waals surface area contributed by atoms with E-state index >= 15 is 0 Å². The van der Waals surface area contributed by atoms with Crippen LogP contribution in [0.1, 0.15) is 26.7 Å². The first-order valence-electron chi connectivity index (χ1n) is 4.41. The quantitative estimate of drug-likeness (QED) is 0.529. The van der Waals surface area contributed by atoms with Crippen molar-refractivity contribution in [1.29, 1.82) is 0 Å². The second kappa shape index (κ2) is 8.92. The molecule has 2 nitrogen and oxygen atoms in total. The molecule has 0 radical (unpaired) electrons. The Bertz CT molecular complexity index is 31.2. The van der Waals surface area contributed by atoms with Gasteiger partial charge in [-0.25, -0.2) is 0 Å². The molecule has 10 heavy (non-hydrogen) atoms. The Hall–Kier alpha value is -0.0800. The molecule has 0 spiro atoms. The van der Waals surface area contributed by atoms with Gasteiger partial charge in [-0.15, -0.1) is 0 Å². The van der Waals surface area contributed by atoms with Crippen LogP contribution in [0.25, 0.3) is 0 Å². The fourth-order valence-corrected chi connectivity index (χ4v) is 0.927. The van der Waals surface area contributed by atoms with Gasteiger partial charge in [0.25, 0.3) is 0 Å². The highest BCUT2D eigenvalue weighted by atomic mass is 14.9. The molecule has 1 rings (SSSR count). The Morgan fingerprint density at radius 1 is 0.700 bits per heavy atom. The summed E-state index contributed by atoms with van der Waals surface area (Å²) in [6.07, 6.45) is 2.65. The predicted molar refractivity (Wildman–Crippen MR) is 46.3 cm³/mol. The molecular formula is C8H20N2. The average molecular weight is 144 g/mol. The van der Waals surface area contributed by atoms with Crippen molar-refractivity contribution in [3.05, 3.63) is 0 Å². The molecular weight excluding hydrogens is 124 g/mol. The molecule has 0 aromatic rings. The molecule has 1 heterocycles. The Labute approximate surface area is 64.4 Å². The Balaban J connectivity index is 0.000000371. The summed E-state index contributed by atoms with van der Waals surface area (Å²) >= 11 is 0. The molecule has 62 valence electrons. The lowest BCUT2D eigenvalue weighted by Crippen LogP contribution is -2.31. The van der Waals surface area contributed by atoms with Crippen molar-refractivity contribution in [1.82, 2.24) is 10.6 Å². The van der Waals surface area contributed by atoms with Crippen molar-refractivity contribution in [2.24, 2.45) is 0 Å². The third-order valence-electron chi connectivity index (χ3n) is 1.44. The summed E-state index contributed by atoms with van der Waals surface area (Å²) < 4.78 is 0. The molecule has 0 aliphatic carbocycles. The molecule has 0 aromatic carbocycles. The molecule has 1 saturated heterocycles. The lowest BCUT2D eigenvalue weighted by Gasteiger charge is -2.09. The minimum atomic E-state index is 1.14. The van der Waals surface area contributed by atoms with E-state index in [0.29, 0.717) is 0 Å². The molecule has 1 aliphatic rings.